The first kappa shape index (κ1) is 29.8. The van der Waals surface area contributed by atoms with Gasteiger partial charge in [0.1, 0.15) is 0 Å². The molecule has 0 saturated carbocycles. The molecule has 0 aliphatic heterocycles. The summed E-state index contributed by atoms with van der Waals surface area (Å²) in [6.45, 7) is 23.7. The maximum atomic E-state index is 12.6. The van der Waals surface area contributed by atoms with E-state index in [4.69, 9.17) is 0 Å². The fourth-order valence-corrected chi connectivity index (χ4v) is 5.38. The highest BCUT2D eigenvalue weighted by Crippen LogP contribution is 2.42. The third-order valence-corrected chi connectivity index (χ3v) is 6.54. The molecule has 0 amide bonds. The van der Waals surface area contributed by atoms with Crippen molar-refractivity contribution >= 4 is 11.6 Å². The van der Waals surface area contributed by atoms with E-state index in [1.807, 2.05) is 60.7 Å². The molecule has 2 aromatic carbocycles. The lowest BCUT2D eigenvalue weighted by molar-refractivity contribution is 0.0584. The van der Waals surface area contributed by atoms with Gasteiger partial charge in [-0.05, 0) is 22.2 Å². The maximum absolute atomic E-state index is 12.6. The van der Waals surface area contributed by atoms with Crippen molar-refractivity contribution in [3.05, 3.63) is 71.8 Å². The highest BCUT2D eigenvalue weighted by Gasteiger charge is 2.40. The van der Waals surface area contributed by atoms with Gasteiger partial charge >= 0.3 is 0 Å². The van der Waals surface area contributed by atoms with E-state index >= 15 is 0 Å². The molecular formula is C32H48O2. The Morgan fingerprint density at radius 2 is 0.971 bits per heavy atom. The number of rotatable bonds is 6. The van der Waals surface area contributed by atoms with Gasteiger partial charge in [0.15, 0.2) is 11.6 Å². The zero-order valence-corrected chi connectivity index (χ0v) is 23.5. The minimum Gasteiger partial charge on any atom is -0.294 e. The third-order valence-electron chi connectivity index (χ3n) is 6.54. The molecule has 2 heteroatoms. The fourth-order valence-electron chi connectivity index (χ4n) is 5.38. The second kappa shape index (κ2) is 12.0. The molecule has 2 aromatic rings. The molecule has 2 rings (SSSR count). The van der Waals surface area contributed by atoms with Crippen LogP contribution in [0, 0.1) is 34.0 Å². The van der Waals surface area contributed by atoms with E-state index in [9.17, 15) is 9.59 Å². The second-order valence-electron chi connectivity index (χ2n) is 12.9. The Morgan fingerprint density at radius 1 is 0.618 bits per heavy atom. The van der Waals surface area contributed by atoms with Gasteiger partial charge in [-0.2, -0.15) is 0 Å². The van der Waals surface area contributed by atoms with Crippen LogP contribution in [0.4, 0.5) is 0 Å². The summed E-state index contributed by atoms with van der Waals surface area (Å²) in [6, 6.07) is 19.3. The maximum Gasteiger partial charge on any atom is 0.166 e. The number of carbonyl (C=O) groups excluding carboxylic acids is 2. The van der Waals surface area contributed by atoms with Crippen LogP contribution in [-0.4, -0.2) is 11.6 Å². The van der Waals surface area contributed by atoms with Gasteiger partial charge < -0.3 is 0 Å². The van der Waals surface area contributed by atoms with Crippen molar-refractivity contribution in [1.29, 1.82) is 0 Å². The number of benzene rings is 2. The van der Waals surface area contributed by atoms with Gasteiger partial charge in [0.05, 0.1) is 0 Å². The summed E-state index contributed by atoms with van der Waals surface area (Å²) in [6.07, 6.45) is 1.04. The average Bonchev–Trinajstić information content (AvgIpc) is 2.72. The fraction of sp³-hybridized carbons (Fsp3) is 0.562. The van der Waals surface area contributed by atoms with Gasteiger partial charge in [0.2, 0.25) is 0 Å². The van der Waals surface area contributed by atoms with Crippen LogP contribution in [0.5, 0.6) is 0 Å². The Balaban J connectivity index is 0.000000340. The largest absolute Gasteiger partial charge is 0.294 e. The summed E-state index contributed by atoms with van der Waals surface area (Å²) in [5, 5.41) is 0. The summed E-state index contributed by atoms with van der Waals surface area (Å²) in [7, 11) is 0. The summed E-state index contributed by atoms with van der Waals surface area (Å²) in [5.41, 5.74) is 1.63. The van der Waals surface area contributed by atoms with E-state index in [1.165, 1.54) is 0 Å². The lowest BCUT2D eigenvalue weighted by atomic mass is 9.64. The van der Waals surface area contributed by atoms with Crippen LogP contribution in [0.3, 0.4) is 0 Å². The van der Waals surface area contributed by atoms with E-state index in [-0.39, 0.29) is 39.6 Å². The molecule has 0 heterocycles. The van der Waals surface area contributed by atoms with Gasteiger partial charge in [-0.1, -0.05) is 143 Å². The first-order chi connectivity index (χ1) is 15.5. The molecule has 34 heavy (non-hydrogen) atoms. The molecule has 0 N–H and O–H groups in total. The van der Waals surface area contributed by atoms with Crippen molar-refractivity contribution in [2.45, 2.75) is 82.6 Å². The van der Waals surface area contributed by atoms with Crippen molar-refractivity contribution in [3.8, 4) is 0 Å². The first-order valence-electron chi connectivity index (χ1n) is 12.7. The van der Waals surface area contributed by atoms with Crippen LogP contribution in [0.25, 0.3) is 0 Å². The smallest absolute Gasteiger partial charge is 0.166 e. The average molecular weight is 465 g/mol. The van der Waals surface area contributed by atoms with Crippen LogP contribution >= 0.6 is 0 Å². The molecule has 0 spiro atoms. The molecule has 0 radical (unpaired) electrons. The Kier molecular flexibility index (Phi) is 10.5. The van der Waals surface area contributed by atoms with Crippen LogP contribution < -0.4 is 0 Å². The van der Waals surface area contributed by atoms with E-state index in [1.54, 1.807) is 0 Å². The number of hydrogen-bond acceptors (Lipinski definition) is 2. The molecule has 2 nitrogen and oxygen atoms in total. The normalized spacial score (nSPS) is 14.1. The van der Waals surface area contributed by atoms with Gasteiger partial charge in [0, 0.05) is 23.0 Å². The molecule has 2 atom stereocenters. The molecule has 0 aliphatic rings. The van der Waals surface area contributed by atoms with Crippen molar-refractivity contribution in [2.24, 2.45) is 34.0 Å². The predicted octanol–water partition coefficient (Wildman–Crippen LogP) is 9.16. The first-order valence-corrected chi connectivity index (χ1v) is 12.7. The Hall–Kier alpha value is -2.22. The standard InChI is InChI=1S/2C16H24O/c1-15(2,3)14(16(4,5)6)13(17)12-10-8-7-9-11-12;1-6-12(2)14(16(3,4)5)15(17)13-10-8-7-9-11-13/h7-11,14H,1-6H3;7-12,14H,6H2,1-5H3. The predicted molar refractivity (Wildman–Crippen MR) is 146 cm³/mol. The second-order valence-corrected chi connectivity index (χ2v) is 12.9. The van der Waals surface area contributed by atoms with Crippen molar-refractivity contribution in [2.75, 3.05) is 0 Å². The van der Waals surface area contributed by atoms with Crippen LogP contribution in [-0.2, 0) is 0 Å². The SMILES string of the molecule is CC(C)(C)C(C(=O)c1ccccc1)C(C)(C)C.CCC(C)C(C(=O)c1ccccc1)C(C)(C)C. The third kappa shape index (κ3) is 8.53. The zero-order chi connectivity index (χ0) is 26.3. The highest BCUT2D eigenvalue weighted by molar-refractivity contribution is 5.99. The van der Waals surface area contributed by atoms with Gasteiger partial charge in [0.25, 0.3) is 0 Å². The molecule has 2 unspecified atom stereocenters. The zero-order valence-electron chi connectivity index (χ0n) is 23.5. The Morgan fingerprint density at radius 3 is 1.26 bits per heavy atom. The summed E-state index contributed by atoms with van der Waals surface area (Å²) in [5.74, 6) is 1.08. The molecule has 0 aromatic heterocycles. The van der Waals surface area contributed by atoms with Crippen LogP contribution in [0.1, 0.15) is 103 Å². The van der Waals surface area contributed by atoms with Crippen molar-refractivity contribution < 1.29 is 9.59 Å². The lowest BCUT2D eigenvalue weighted by Crippen LogP contribution is -2.38. The van der Waals surface area contributed by atoms with Gasteiger partial charge in [-0.3, -0.25) is 9.59 Å². The molecule has 0 aliphatic carbocycles. The van der Waals surface area contributed by atoms with E-state index in [0.29, 0.717) is 5.92 Å². The molecule has 0 bridgehead atoms. The summed E-state index contributed by atoms with van der Waals surface area (Å²) in [4.78, 5) is 25.2. The Labute approximate surface area is 209 Å². The monoisotopic (exact) mass is 464 g/mol. The molecule has 0 fully saturated rings. The highest BCUT2D eigenvalue weighted by atomic mass is 16.1. The van der Waals surface area contributed by atoms with Crippen molar-refractivity contribution in [3.63, 3.8) is 0 Å². The number of ketones is 2. The number of carbonyl (C=O) groups is 2. The summed E-state index contributed by atoms with van der Waals surface area (Å²) < 4.78 is 0. The van der Waals surface area contributed by atoms with Gasteiger partial charge in [-0.25, -0.2) is 0 Å². The van der Waals surface area contributed by atoms with E-state index in [2.05, 4.69) is 76.2 Å². The Bertz CT molecular complexity index is 876. The quantitative estimate of drug-likeness (QED) is 0.399. The lowest BCUT2D eigenvalue weighted by Gasteiger charge is -2.39. The van der Waals surface area contributed by atoms with Crippen LogP contribution in [0.2, 0.25) is 0 Å². The number of Topliss-reactive ketones (excluding diaryl/α,β-unsaturated/α-hetero) is 2. The molecular weight excluding hydrogens is 416 g/mol. The topological polar surface area (TPSA) is 34.1 Å². The van der Waals surface area contributed by atoms with E-state index in [0.717, 1.165) is 17.5 Å². The minimum atomic E-state index is -0.0226. The molecule has 0 saturated heterocycles. The summed E-state index contributed by atoms with van der Waals surface area (Å²) >= 11 is 0. The van der Waals surface area contributed by atoms with Crippen LogP contribution in [0.15, 0.2) is 60.7 Å². The minimum absolute atomic E-state index is 0.0162. The van der Waals surface area contributed by atoms with Gasteiger partial charge in [-0.15, -0.1) is 0 Å². The van der Waals surface area contributed by atoms with Crippen molar-refractivity contribution in [1.82, 2.24) is 0 Å². The molecule has 188 valence electrons. The number of hydrogen-bond donors (Lipinski definition) is 0. The van der Waals surface area contributed by atoms with E-state index < -0.39 is 0 Å².